The van der Waals surface area contributed by atoms with Gasteiger partial charge >= 0.3 is 0 Å². The molecule has 0 spiro atoms. The van der Waals surface area contributed by atoms with Crippen LogP contribution in [0, 0.1) is 0 Å². The first-order valence-electron chi connectivity index (χ1n) is 8.67. The summed E-state index contributed by atoms with van der Waals surface area (Å²) in [5.41, 5.74) is 2.62. The van der Waals surface area contributed by atoms with Crippen LogP contribution in [-0.2, 0) is 6.42 Å². The third-order valence-corrected chi connectivity index (χ3v) is 4.12. The lowest BCUT2D eigenvalue weighted by atomic mass is 10.1. The standard InChI is InChI=1S/C21H22N4O/c1-25(19-12-6-3-7-13-19)20(26)18-15-23-21(24-16-18)22-14-8-11-17-9-4-2-5-10-17/h2-7,9-10,12-13,15-16H,8,11,14H2,1H3,(H,22,23,24). The Morgan fingerprint density at radius 3 is 2.23 bits per heavy atom. The van der Waals surface area contributed by atoms with Gasteiger partial charge in [0, 0.05) is 31.7 Å². The predicted octanol–water partition coefficient (Wildman–Crippen LogP) is 3.80. The molecular formula is C21H22N4O. The Balaban J connectivity index is 1.51. The zero-order valence-corrected chi connectivity index (χ0v) is 14.8. The minimum atomic E-state index is -0.133. The molecule has 0 aliphatic heterocycles. The number of nitrogens with zero attached hydrogens (tertiary/aromatic N) is 3. The molecule has 1 aromatic heterocycles. The number of benzene rings is 2. The van der Waals surface area contributed by atoms with Crippen molar-refractivity contribution in [3.8, 4) is 0 Å². The smallest absolute Gasteiger partial charge is 0.261 e. The topological polar surface area (TPSA) is 58.1 Å². The second-order valence-corrected chi connectivity index (χ2v) is 6.01. The van der Waals surface area contributed by atoms with E-state index in [1.165, 1.54) is 5.56 Å². The van der Waals surface area contributed by atoms with Crippen LogP contribution >= 0.6 is 0 Å². The molecule has 3 aromatic rings. The molecular weight excluding hydrogens is 324 g/mol. The Morgan fingerprint density at radius 1 is 0.962 bits per heavy atom. The third-order valence-electron chi connectivity index (χ3n) is 4.12. The van der Waals surface area contributed by atoms with E-state index in [-0.39, 0.29) is 5.91 Å². The number of carbonyl (C=O) groups is 1. The van der Waals surface area contributed by atoms with Crippen LogP contribution in [0.1, 0.15) is 22.3 Å². The van der Waals surface area contributed by atoms with Crippen LogP contribution in [0.2, 0.25) is 0 Å². The second-order valence-electron chi connectivity index (χ2n) is 6.01. The number of hydrogen-bond acceptors (Lipinski definition) is 4. The molecule has 5 nitrogen and oxygen atoms in total. The lowest BCUT2D eigenvalue weighted by Crippen LogP contribution is -2.26. The normalized spacial score (nSPS) is 10.3. The number of nitrogens with one attached hydrogen (secondary N) is 1. The summed E-state index contributed by atoms with van der Waals surface area (Å²) in [7, 11) is 1.74. The number of aromatic nitrogens is 2. The zero-order valence-electron chi connectivity index (χ0n) is 14.8. The number of anilines is 2. The molecule has 3 rings (SSSR count). The van der Waals surface area contributed by atoms with Gasteiger partial charge in [-0.05, 0) is 30.5 Å². The molecule has 0 aliphatic carbocycles. The molecule has 0 unspecified atom stereocenters. The molecule has 0 fully saturated rings. The molecule has 132 valence electrons. The van der Waals surface area contributed by atoms with Crippen molar-refractivity contribution in [1.82, 2.24) is 9.97 Å². The van der Waals surface area contributed by atoms with Gasteiger partial charge in [0.05, 0.1) is 5.56 Å². The molecule has 0 aliphatic rings. The van der Waals surface area contributed by atoms with Crippen molar-refractivity contribution >= 4 is 17.5 Å². The van der Waals surface area contributed by atoms with E-state index < -0.39 is 0 Å². The minimum absolute atomic E-state index is 0.133. The first-order valence-corrected chi connectivity index (χ1v) is 8.67. The van der Waals surface area contributed by atoms with Crippen molar-refractivity contribution in [2.24, 2.45) is 0 Å². The molecule has 0 saturated carbocycles. The Labute approximate surface area is 153 Å². The summed E-state index contributed by atoms with van der Waals surface area (Å²) in [4.78, 5) is 22.6. The average Bonchev–Trinajstić information content (AvgIpc) is 2.72. The van der Waals surface area contributed by atoms with Crippen molar-refractivity contribution in [1.29, 1.82) is 0 Å². The number of hydrogen-bond donors (Lipinski definition) is 1. The van der Waals surface area contributed by atoms with Crippen LogP contribution in [0.4, 0.5) is 11.6 Å². The van der Waals surface area contributed by atoms with E-state index in [1.54, 1.807) is 24.3 Å². The lowest BCUT2D eigenvalue weighted by molar-refractivity contribution is 0.0992. The summed E-state index contributed by atoms with van der Waals surface area (Å²) in [6.45, 7) is 0.784. The van der Waals surface area contributed by atoms with Gasteiger partial charge in [-0.15, -0.1) is 0 Å². The fourth-order valence-corrected chi connectivity index (χ4v) is 2.63. The first-order chi connectivity index (χ1) is 12.7. The highest BCUT2D eigenvalue weighted by atomic mass is 16.2. The van der Waals surface area contributed by atoms with E-state index in [0.29, 0.717) is 11.5 Å². The Kier molecular flexibility index (Phi) is 5.93. The maximum Gasteiger partial charge on any atom is 0.261 e. The highest BCUT2D eigenvalue weighted by molar-refractivity contribution is 6.05. The number of amides is 1. The maximum atomic E-state index is 12.5. The minimum Gasteiger partial charge on any atom is -0.354 e. The molecule has 0 atom stereocenters. The van der Waals surface area contributed by atoms with Crippen molar-refractivity contribution in [2.75, 3.05) is 23.8 Å². The Hall–Kier alpha value is -3.21. The molecule has 0 bridgehead atoms. The van der Waals surface area contributed by atoms with Crippen LogP contribution in [0.25, 0.3) is 0 Å². The molecule has 1 N–H and O–H groups in total. The van der Waals surface area contributed by atoms with E-state index >= 15 is 0 Å². The van der Waals surface area contributed by atoms with Crippen molar-refractivity contribution in [3.63, 3.8) is 0 Å². The molecule has 5 heteroatoms. The monoisotopic (exact) mass is 346 g/mol. The summed E-state index contributed by atoms with van der Waals surface area (Å²) in [6, 6.07) is 19.9. The van der Waals surface area contributed by atoms with E-state index in [9.17, 15) is 4.79 Å². The van der Waals surface area contributed by atoms with Gasteiger partial charge in [0.25, 0.3) is 5.91 Å². The van der Waals surface area contributed by atoms with Crippen LogP contribution in [-0.4, -0.2) is 29.5 Å². The summed E-state index contributed by atoms with van der Waals surface area (Å²) in [6.07, 6.45) is 5.12. The summed E-state index contributed by atoms with van der Waals surface area (Å²) in [5.74, 6) is 0.406. The first kappa shape index (κ1) is 17.6. The van der Waals surface area contributed by atoms with Gasteiger partial charge < -0.3 is 10.2 Å². The van der Waals surface area contributed by atoms with Gasteiger partial charge in [-0.2, -0.15) is 0 Å². The van der Waals surface area contributed by atoms with Gasteiger partial charge in [-0.1, -0.05) is 48.5 Å². The largest absolute Gasteiger partial charge is 0.354 e. The van der Waals surface area contributed by atoms with Crippen molar-refractivity contribution in [2.45, 2.75) is 12.8 Å². The number of rotatable bonds is 7. The van der Waals surface area contributed by atoms with Gasteiger partial charge in [-0.3, -0.25) is 4.79 Å². The average molecular weight is 346 g/mol. The highest BCUT2D eigenvalue weighted by Crippen LogP contribution is 2.14. The number of carbonyl (C=O) groups excluding carboxylic acids is 1. The SMILES string of the molecule is CN(C(=O)c1cnc(NCCCc2ccccc2)nc1)c1ccccc1. The zero-order chi connectivity index (χ0) is 18.2. The van der Waals surface area contributed by atoms with Gasteiger partial charge in [0.1, 0.15) is 0 Å². The van der Waals surface area contributed by atoms with E-state index in [0.717, 1.165) is 25.1 Å². The Bertz CT molecular complexity index is 820. The number of aryl methyl sites for hydroxylation is 1. The van der Waals surface area contributed by atoms with Crippen LogP contribution in [0.5, 0.6) is 0 Å². The molecule has 26 heavy (non-hydrogen) atoms. The molecule has 2 aromatic carbocycles. The quantitative estimate of drug-likeness (QED) is 0.661. The van der Waals surface area contributed by atoms with Crippen LogP contribution < -0.4 is 10.2 Å². The van der Waals surface area contributed by atoms with Crippen LogP contribution in [0.15, 0.2) is 73.1 Å². The molecule has 1 amide bonds. The fraction of sp³-hybridized carbons (Fsp3) is 0.190. The molecule has 0 radical (unpaired) electrons. The predicted molar refractivity (Wildman–Crippen MR) is 104 cm³/mol. The lowest BCUT2D eigenvalue weighted by Gasteiger charge is -2.17. The summed E-state index contributed by atoms with van der Waals surface area (Å²) in [5, 5.41) is 3.19. The molecule has 1 heterocycles. The summed E-state index contributed by atoms with van der Waals surface area (Å²) < 4.78 is 0. The van der Waals surface area contributed by atoms with Crippen molar-refractivity contribution < 1.29 is 4.79 Å². The molecule has 0 saturated heterocycles. The number of para-hydroxylation sites is 1. The Morgan fingerprint density at radius 2 is 1.58 bits per heavy atom. The highest BCUT2D eigenvalue weighted by Gasteiger charge is 2.14. The van der Waals surface area contributed by atoms with Crippen LogP contribution in [0.3, 0.4) is 0 Å². The van der Waals surface area contributed by atoms with Gasteiger partial charge in [0.15, 0.2) is 0 Å². The fourth-order valence-electron chi connectivity index (χ4n) is 2.63. The summed E-state index contributed by atoms with van der Waals surface area (Å²) >= 11 is 0. The van der Waals surface area contributed by atoms with E-state index in [4.69, 9.17) is 0 Å². The second kappa shape index (κ2) is 8.76. The van der Waals surface area contributed by atoms with Crippen molar-refractivity contribution in [3.05, 3.63) is 84.2 Å². The van der Waals surface area contributed by atoms with E-state index in [1.807, 2.05) is 48.5 Å². The maximum absolute atomic E-state index is 12.5. The van der Waals surface area contributed by atoms with Gasteiger partial charge in [-0.25, -0.2) is 9.97 Å². The van der Waals surface area contributed by atoms with Gasteiger partial charge in [0.2, 0.25) is 5.95 Å². The van der Waals surface area contributed by atoms with E-state index in [2.05, 4.69) is 27.4 Å². The third kappa shape index (κ3) is 4.66.